The average molecular weight is 348 g/mol. The molecule has 0 amide bonds. The summed E-state index contributed by atoms with van der Waals surface area (Å²) in [5.41, 5.74) is 0.878. The Morgan fingerprint density at radius 3 is 2.76 bits per heavy atom. The van der Waals surface area contributed by atoms with Crippen molar-refractivity contribution >= 4 is 11.9 Å². The van der Waals surface area contributed by atoms with Crippen LogP contribution in [-0.2, 0) is 19.1 Å². The van der Waals surface area contributed by atoms with E-state index in [1.54, 1.807) is 0 Å². The molecule has 0 radical (unpaired) electrons. The summed E-state index contributed by atoms with van der Waals surface area (Å²) >= 11 is 0. The van der Waals surface area contributed by atoms with E-state index in [1.165, 1.54) is 0 Å². The summed E-state index contributed by atoms with van der Waals surface area (Å²) in [4.78, 5) is 24.3. The van der Waals surface area contributed by atoms with Gasteiger partial charge in [-0.15, -0.1) is 0 Å². The summed E-state index contributed by atoms with van der Waals surface area (Å²) in [6.45, 7) is 13.8. The Hall–Kier alpha value is -1.62. The van der Waals surface area contributed by atoms with Gasteiger partial charge in [0.25, 0.3) is 0 Å². The quantitative estimate of drug-likeness (QED) is 0.482. The van der Waals surface area contributed by atoms with Gasteiger partial charge >= 0.3 is 11.9 Å². The van der Waals surface area contributed by atoms with Gasteiger partial charge in [-0.25, -0.2) is 4.79 Å². The molecule has 3 fully saturated rings. The second kappa shape index (κ2) is 6.27. The Labute approximate surface area is 149 Å². The van der Waals surface area contributed by atoms with Crippen LogP contribution in [0, 0.1) is 23.2 Å². The number of esters is 2. The van der Waals surface area contributed by atoms with Crippen LogP contribution in [0.2, 0.25) is 0 Å². The summed E-state index contributed by atoms with van der Waals surface area (Å²) in [5.74, 6) is -0.819. The zero-order chi connectivity index (χ0) is 18.5. The molecule has 0 spiro atoms. The number of ether oxygens (including phenoxy) is 2. The predicted molar refractivity (Wildman–Crippen MR) is 92.4 cm³/mol. The molecule has 0 aromatic heterocycles. The molecule has 1 saturated heterocycles. The van der Waals surface area contributed by atoms with Crippen LogP contribution in [0.5, 0.6) is 0 Å². The van der Waals surface area contributed by atoms with Gasteiger partial charge in [0.1, 0.15) is 12.2 Å². The highest BCUT2D eigenvalue weighted by molar-refractivity contribution is 5.90. The second-order valence-corrected chi connectivity index (χ2v) is 8.13. The Morgan fingerprint density at radius 2 is 2.12 bits per heavy atom. The van der Waals surface area contributed by atoms with Crippen molar-refractivity contribution in [3.63, 3.8) is 0 Å². The lowest BCUT2D eigenvalue weighted by Crippen LogP contribution is -2.55. The monoisotopic (exact) mass is 348 g/mol. The van der Waals surface area contributed by atoms with Crippen LogP contribution < -0.4 is 0 Å². The van der Waals surface area contributed by atoms with Crippen LogP contribution in [0.15, 0.2) is 24.3 Å². The predicted octanol–water partition coefficient (Wildman–Crippen LogP) is 2.78. The molecule has 1 N–H and O–H groups in total. The van der Waals surface area contributed by atoms with Crippen LogP contribution in [0.3, 0.4) is 0 Å². The molecule has 7 atom stereocenters. The minimum Gasteiger partial charge on any atom is -0.461 e. The van der Waals surface area contributed by atoms with E-state index in [2.05, 4.69) is 20.1 Å². The third-order valence-corrected chi connectivity index (χ3v) is 6.67. The van der Waals surface area contributed by atoms with Gasteiger partial charge in [0, 0.05) is 23.3 Å². The molecule has 0 aromatic rings. The van der Waals surface area contributed by atoms with Gasteiger partial charge in [0.05, 0.1) is 12.0 Å². The van der Waals surface area contributed by atoms with Gasteiger partial charge in [0.15, 0.2) is 0 Å². The van der Waals surface area contributed by atoms with Crippen LogP contribution in [0.4, 0.5) is 0 Å². The van der Waals surface area contributed by atoms with E-state index < -0.39 is 17.6 Å². The fourth-order valence-electron chi connectivity index (χ4n) is 4.64. The molecule has 25 heavy (non-hydrogen) atoms. The average Bonchev–Trinajstić information content (AvgIpc) is 2.84. The number of carbonyl (C=O) groups is 2. The van der Waals surface area contributed by atoms with E-state index in [-0.39, 0.29) is 35.8 Å². The first kappa shape index (κ1) is 18.2. The molecule has 2 saturated carbocycles. The third kappa shape index (κ3) is 2.82. The zero-order valence-electron chi connectivity index (χ0n) is 15.3. The molecule has 1 aliphatic heterocycles. The largest absolute Gasteiger partial charge is 0.461 e. The molecule has 3 rings (SSSR count). The first-order valence-electron chi connectivity index (χ1n) is 9.16. The maximum absolute atomic E-state index is 12.4. The van der Waals surface area contributed by atoms with E-state index in [1.807, 2.05) is 13.8 Å². The maximum atomic E-state index is 12.4. The zero-order valence-corrected chi connectivity index (χ0v) is 15.3. The molecule has 5 nitrogen and oxygen atoms in total. The van der Waals surface area contributed by atoms with Crippen molar-refractivity contribution in [3.05, 3.63) is 24.3 Å². The highest BCUT2D eigenvalue weighted by atomic mass is 16.6. The summed E-state index contributed by atoms with van der Waals surface area (Å²) < 4.78 is 11.3. The lowest BCUT2D eigenvalue weighted by Gasteiger charge is -2.54. The molecule has 7 unspecified atom stereocenters. The van der Waals surface area contributed by atoms with Crippen molar-refractivity contribution in [3.8, 4) is 0 Å². The van der Waals surface area contributed by atoms with Crippen LogP contribution in [-0.4, -0.2) is 35.4 Å². The van der Waals surface area contributed by atoms with Gasteiger partial charge in [-0.1, -0.05) is 33.9 Å². The Kier molecular flexibility index (Phi) is 4.56. The number of aliphatic hydroxyl groups excluding tert-OH is 1. The van der Waals surface area contributed by atoms with Crippen molar-refractivity contribution in [2.75, 3.05) is 0 Å². The van der Waals surface area contributed by atoms with E-state index in [0.717, 1.165) is 5.57 Å². The van der Waals surface area contributed by atoms with Crippen molar-refractivity contribution in [1.82, 2.24) is 0 Å². The van der Waals surface area contributed by atoms with Crippen LogP contribution in [0.25, 0.3) is 0 Å². The third-order valence-electron chi connectivity index (χ3n) is 6.67. The SMILES string of the molecule is C=C1C(=O)OC2CC3(C)C(OC(=O)C(C)CC)CC(O)C(=C)C3CC12. The minimum atomic E-state index is -0.698. The molecule has 0 aromatic carbocycles. The highest BCUT2D eigenvalue weighted by Crippen LogP contribution is 2.57. The van der Waals surface area contributed by atoms with Crippen molar-refractivity contribution in [2.45, 2.75) is 64.8 Å². The Morgan fingerprint density at radius 1 is 1.44 bits per heavy atom. The van der Waals surface area contributed by atoms with Crippen molar-refractivity contribution in [1.29, 1.82) is 0 Å². The highest BCUT2D eigenvalue weighted by Gasteiger charge is 2.58. The number of carbonyl (C=O) groups excluding carboxylic acids is 2. The molecular weight excluding hydrogens is 320 g/mol. The minimum absolute atomic E-state index is 0.0292. The Bertz CT molecular complexity index is 624. The first-order valence-corrected chi connectivity index (χ1v) is 9.16. The van der Waals surface area contributed by atoms with E-state index in [4.69, 9.17) is 9.47 Å². The maximum Gasteiger partial charge on any atom is 0.334 e. The number of rotatable bonds is 3. The first-order chi connectivity index (χ1) is 11.7. The van der Waals surface area contributed by atoms with Crippen molar-refractivity contribution < 1.29 is 24.2 Å². The van der Waals surface area contributed by atoms with Crippen molar-refractivity contribution in [2.24, 2.45) is 23.2 Å². The molecule has 0 bridgehead atoms. The smallest absolute Gasteiger partial charge is 0.334 e. The summed E-state index contributed by atoms with van der Waals surface area (Å²) in [5, 5.41) is 10.5. The lowest BCUT2D eigenvalue weighted by atomic mass is 9.54. The van der Waals surface area contributed by atoms with E-state index in [0.29, 0.717) is 31.3 Å². The summed E-state index contributed by atoms with van der Waals surface area (Å²) in [6.07, 6.45) is 0.970. The normalized spacial score (nSPS) is 41.6. The number of hydrogen-bond donors (Lipinski definition) is 1. The molecule has 5 heteroatoms. The second-order valence-electron chi connectivity index (χ2n) is 8.13. The topological polar surface area (TPSA) is 72.8 Å². The fraction of sp³-hybridized carbons (Fsp3) is 0.700. The van der Waals surface area contributed by atoms with Crippen LogP contribution in [0.1, 0.15) is 46.5 Å². The van der Waals surface area contributed by atoms with Crippen LogP contribution >= 0.6 is 0 Å². The number of fused-ring (bicyclic) bond motifs is 2. The number of hydrogen-bond acceptors (Lipinski definition) is 5. The Balaban J connectivity index is 1.89. The molecular formula is C20H28O5. The number of aliphatic hydroxyl groups is 1. The van der Waals surface area contributed by atoms with Gasteiger partial charge in [-0.05, 0) is 30.8 Å². The fourth-order valence-corrected chi connectivity index (χ4v) is 4.64. The van der Waals surface area contributed by atoms with E-state index in [9.17, 15) is 14.7 Å². The molecule has 2 aliphatic carbocycles. The van der Waals surface area contributed by atoms with Gasteiger partial charge in [0.2, 0.25) is 0 Å². The molecule has 3 aliphatic rings. The van der Waals surface area contributed by atoms with Gasteiger partial charge in [-0.3, -0.25) is 4.79 Å². The standard InChI is InChI=1S/C20H28O5/c1-6-10(2)18(22)25-17-8-15(21)12(4)14-7-13-11(3)19(23)24-16(13)9-20(14,17)5/h10,13-17,21H,3-4,6-9H2,1-2,5H3. The molecule has 138 valence electrons. The molecule has 1 heterocycles. The van der Waals surface area contributed by atoms with Gasteiger partial charge < -0.3 is 14.6 Å². The summed E-state index contributed by atoms with van der Waals surface area (Å²) in [6, 6.07) is 0. The summed E-state index contributed by atoms with van der Waals surface area (Å²) in [7, 11) is 0. The van der Waals surface area contributed by atoms with Gasteiger partial charge in [-0.2, -0.15) is 0 Å². The van der Waals surface area contributed by atoms with E-state index >= 15 is 0 Å². The lowest BCUT2D eigenvalue weighted by molar-refractivity contribution is -0.178.